The van der Waals surface area contributed by atoms with Gasteiger partial charge in [-0.3, -0.25) is 0 Å². The molecule has 0 spiro atoms. The minimum absolute atomic E-state index is 0.220. The lowest BCUT2D eigenvalue weighted by molar-refractivity contribution is 0.906. The third kappa shape index (κ3) is 2.75. The summed E-state index contributed by atoms with van der Waals surface area (Å²) in [6, 6.07) is 8.15. The second kappa shape index (κ2) is 5.17. The van der Waals surface area contributed by atoms with Crippen LogP contribution in [0.1, 0.15) is 17.8 Å². The Bertz CT molecular complexity index is 486. The van der Waals surface area contributed by atoms with E-state index < -0.39 is 0 Å². The molecule has 1 atom stereocenters. The van der Waals surface area contributed by atoms with Crippen molar-refractivity contribution in [1.82, 2.24) is 4.98 Å². The summed E-state index contributed by atoms with van der Waals surface area (Å²) in [4.78, 5) is 5.28. The van der Waals surface area contributed by atoms with E-state index in [1.165, 1.54) is 4.88 Å². The Morgan fingerprint density at radius 1 is 1.44 bits per heavy atom. The number of nitrogens with one attached hydrogen (secondary N) is 1. The Balaban J connectivity index is 2.13. The summed E-state index contributed by atoms with van der Waals surface area (Å²) in [5.41, 5.74) is 0.862. The molecule has 2 rings (SSSR count). The number of thiophene rings is 1. The van der Waals surface area contributed by atoms with Crippen LogP contribution in [0.15, 0.2) is 34.2 Å². The van der Waals surface area contributed by atoms with Gasteiger partial charge in [0.25, 0.3) is 0 Å². The molecular weight excluding hydrogens is 308 g/mol. The fourth-order valence-electron chi connectivity index (χ4n) is 1.36. The molecule has 1 unspecified atom stereocenters. The number of aromatic nitrogens is 1. The van der Waals surface area contributed by atoms with E-state index in [0.29, 0.717) is 5.15 Å². The van der Waals surface area contributed by atoms with Crippen molar-refractivity contribution in [3.05, 3.63) is 44.3 Å². The standard InChI is InChI=1S/C11H10BrClN2S/c1-7(9-4-5-10(12)16-9)15-8-3-2-6-14-11(8)13/h2-7,15H,1H3. The van der Waals surface area contributed by atoms with Crippen LogP contribution >= 0.6 is 38.9 Å². The van der Waals surface area contributed by atoms with Gasteiger partial charge in [0.05, 0.1) is 15.5 Å². The number of anilines is 1. The summed E-state index contributed by atoms with van der Waals surface area (Å²) in [6.45, 7) is 2.10. The minimum Gasteiger partial charge on any atom is -0.375 e. The molecule has 1 N–H and O–H groups in total. The quantitative estimate of drug-likeness (QED) is 0.828. The molecule has 5 heteroatoms. The maximum Gasteiger partial charge on any atom is 0.152 e. The lowest BCUT2D eigenvalue weighted by Gasteiger charge is -2.14. The van der Waals surface area contributed by atoms with E-state index >= 15 is 0 Å². The van der Waals surface area contributed by atoms with E-state index in [9.17, 15) is 0 Å². The minimum atomic E-state index is 0.220. The van der Waals surface area contributed by atoms with Gasteiger partial charge in [-0.05, 0) is 47.1 Å². The monoisotopic (exact) mass is 316 g/mol. The predicted octanol–water partition coefficient (Wildman–Crippen LogP) is 4.73. The highest BCUT2D eigenvalue weighted by atomic mass is 79.9. The molecule has 0 saturated carbocycles. The van der Waals surface area contributed by atoms with Gasteiger partial charge in [0.1, 0.15) is 0 Å². The Morgan fingerprint density at radius 3 is 2.88 bits per heavy atom. The molecule has 0 saturated heterocycles. The lowest BCUT2D eigenvalue weighted by Crippen LogP contribution is -2.05. The van der Waals surface area contributed by atoms with Crippen molar-refractivity contribution in [2.45, 2.75) is 13.0 Å². The summed E-state index contributed by atoms with van der Waals surface area (Å²) in [5, 5.41) is 3.84. The second-order valence-corrected chi connectivity index (χ2v) is 6.20. The number of pyridine rings is 1. The smallest absolute Gasteiger partial charge is 0.152 e. The first-order valence-electron chi connectivity index (χ1n) is 4.79. The fourth-order valence-corrected chi connectivity index (χ4v) is 2.96. The van der Waals surface area contributed by atoms with Crippen LogP contribution in [0.5, 0.6) is 0 Å². The number of nitrogens with zero attached hydrogens (tertiary/aromatic N) is 1. The molecule has 0 fully saturated rings. The van der Waals surface area contributed by atoms with Crippen LogP contribution < -0.4 is 5.32 Å². The van der Waals surface area contributed by atoms with Crippen molar-refractivity contribution in [3.8, 4) is 0 Å². The average Bonchev–Trinajstić information content (AvgIpc) is 2.68. The van der Waals surface area contributed by atoms with E-state index in [1.54, 1.807) is 17.5 Å². The van der Waals surface area contributed by atoms with Crippen LogP contribution in [-0.4, -0.2) is 4.98 Å². The molecule has 2 nitrogen and oxygen atoms in total. The normalized spacial score (nSPS) is 12.4. The zero-order valence-corrected chi connectivity index (χ0v) is 11.7. The fraction of sp³-hybridized carbons (Fsp3) is 0.182. The molecule has 84 valence electrons. The highest BCUT2D eigenvalue weighted by Crippen LogP contribution is 2.30. The zero-order chi connectivity index (χ0) is 11.5. The number of rotatable bonds is 3. The molecule has 0 radical (unpaired) electrons. The van der Waals surface area contributed by atoms with Gasteiger partial charge in [-0.1, -0.05) is 11.6 Å². The SMILES string of the molecule is CC(Nc1cccnc1Cl)c1ccc(Br)s1. The summed E-state index contributed by atoms with van der Waals surface area (Å²) < 4.78 is 1.13. The molecule has 0 aliphatic carbocycles. The first kappa shape index (κ1) is 11.9. The third-order valence-electron chi connectivity index (χ3n) is 2.15. The van der Waals surface area contributed by atoms with Crippen molar-refractivity contribution in [2.24, 2.45) is 0 Å². The van der Waals surface area contributed by atoms with Crippen LogP contribution in [0.4, 0.5) is 5.69 Å². The third-order valence-corrected chi connectivity index (χ3v) is 4.26. The van der Waals surface area contributed by atoms with Gasteiger partial charge in [-0.2, -0.15) is 0 Å². The highest BCUT2D eigenvalue weighted by Gasteiger charge is 2.09. The van der Waals surface area contributed by atoms with Gasteiger partial charge in [-0.15, -0.1) is 11.3 Å². The first-order chi connectivity index (χ1) is 7.66. The largest absolute Gasteiger partial charge is 0.375 e. The van der Waals surface area contributed by atoms with Crippen molar-refractivity contribution in [3.63, 3.8) is 0 Å². The molecule has 0 aromatic carbocycles. The predicted molar refractivity (Wildman–Crippen MR) is 73.3 cm³/mol. The van der Waals surface area contributed by atoms with Crippen molar-refractivity contribution >= 4 is 44.6 Å². The summed E-state index contributed by atoms with van der Waals surface area (Å²) in [7, 11) is 0. The number of hydrogen-bond acceptors (Lipinski definition) is 3. The van der Waals surface area contributed by atoms with E-state index in [4.69, 9.17) is 11.6 Å². The first-order valence-corrected chi connectivity index (χ1v) is 6.78. The van der Waals surface area contributed by atoms with Crippen LogP contribution in [-0.2, 0) is 0 Å². The molecule has 0 amide bonds. The van der Waals surface area contributed by atoms with Crippen LogP contribution in [0.25, 0.3) is 0 Å². The summed E-state index contributed by atoms with van der Waals surface area (Å²) >= 11 is 11.1. The van der Waals surface area contributed by atoms with Crippen molar-refractivity contribution < 1.29 is 0 Å². The van der Waals surface area contributed by atoms with Crippen molar-refractivity contribution in [2.75, 3.05) is 5.32 Å². The number of halogens is 2. The van der Waals surface area contributed by atoms with E-state index in [0.717, 1.165) is 9.47 Å². The molecule has 0 aliphatic rings. The molecule has 0 bridgehead atoms. The zero-order valence-electron chi connectivity index (χ0n) is 8.58. The second-order valence-electron chi connectivity index (χ2n) is 3.35. The molecule has 2 aromatic heterocycles. The van der Waals surface area contributed by atoms with E-state index in [1.807, 2.05) is 18.2 Å². The molecule has 16 heavy (non-hydrogen) atoms. The average molecular weight is 318 g/mol. The molecule has 0 aliphatic heterocycles. The van der Waals surface area contributed by atoms with Crippen LogP contribution in [0, 0.1) is 0 Å². The Morgan fingerprint density at radius 2 is 2.25 bits per heavy atom. The van der Waals surface area contributed by atoms with E-state index in [2.05, 4.69) is 39.2 Å². The Labute approximate surface area is 112 Å². The molecule has 2 heterocycles. The van der Waals surface area contributed by atoms with Gasteiger partial charge in [0, 0.05) is 11.1 Å². The van der Waals surface area contributed by atoms with Crippen LogP contribution in [0.2, 0.25) is 5.15 Å². The van der Waals surface area contributed by atoms with Crippen molar-refractivity contribution in [1.29, 1.82) is 0 Å². The molecular formula is C11H10BrClN2S. The van der Waals surface area contributed by atoms with Gasteiger partial charge in [-0.25, -0.2) is 4.98 Å². The Kier molecular flexibility index (Phi) is 3.84. The topological polar surface area (TPSA) is 24.9 Å². The van der Waals surface area contributed by atoms with Crippen LogP contribution in [0.3, 0.4) is 0 Å². The highest BCUT2D eigenvalue weighted by molar-refractivity contribution is 9.11. The van der Waals surface area contributed by atoms with E-state index in [-0.39, 0.29) is 6.04 Å². The maximum absolute atomic E-state index is 5.98. The van der Waals surface area contributed by atoms with Gasteiger partial charge < -0.3 is 5.32 Å². The summed E-state index contributed by atoms with van der Waals surface area (Å²) in [5.74, 6) is 0. The van der Waals surface area contributed by atoms with Gasteiger partial charge in [0.15, 0.2) is 5.15 Å². The maximum atomic E-state index is 5.98. The lowest BCUT2D eigenvalue weighted by atomic mass is 10.2. The number of hydrogen-bond donors (Lipinski definition) is 1. The Hall–Kier alpha value is -0.580. The molecule has 2 aromatic rings. The van der Waals surface area contributed by atoms with Gasteiger partial charge >= 0.3 is 0 Å². The summed E-state index contributed by atoms with van der Waals surface area (Å²) in [6.07, 6.45) is 1.68. The van der Waals surface area contributed by atoms with Gasteiger partial charge in [0.2, 0.25) is 0 Å².